The van der Waals surface area contributed by atoms with E-state index in [4.69, 9.17) is 0 Å². The average Bonchev–Trinajstić information content (AvgIpc) is 2.50. The maximum atomic E-state index is 13.6. The summed E-state index contributed by atoms with van der Waals surface area (Å²) >= 11 is 0. The van der Waals surface area contributed by atoms with E-state index in [-0.39, 0.29) is 12.0 Å². The third kappa shape index (κ3) is 4.15. The second-order valence-corrected chi connectivity index (χ2v) is 5.66. The standard InChI is InChI=1S/C16H19F2N5O/c1-22(2)15-13(9-19-16(21-15)23(3)4)20-14(24)7-10-5-6-11(17)8-12(10)18/h5-6,8-9H,7H2,1-4H3,(H,20,24). The van der Waals surface area contributed by atoms with E-state index in [1.54, 1.807) is 23.9 Å². The topological polar surface area (TPSA) is 61.4 Å². The Hall–Kier alpha value is -2.77. The molecule has 0 fully saturated rings. The van der Waals surface area contributed by atoms with Crippen molar-refractivity contribution < 1.29 is 13.6 Å². The molecule has 24 heavy (non-hydrogen) atoms. The quantitative estimate of drug-likeness (QED) is 0.906. The number of halogens is 2. The largest absolute Gasteiger partial charge is 0.361 e. The van der Waals surface area contributed by atoms with Crippen LogP contribution in [0.15, 0.2) is 24.4 Å². The number of anilines is 3. The molecule has 0 saturated heterocycles. The monoisotopic (exact) mass is 335 g/mol. The van der Waals surface area contributed by atoms with Gasteiger partial charge >= 0.3 is 0 Å². The lowest BCUT2D eigenvalue weighted by atomic mass is 10.1. The Morgan fingerprint density at radius 2 is 1.88 bits per heavy atom. The number of carbonyl (C=O) groups excluding carboxylic acids is 1. The molecule has 0 aliphatic heterocycles. The highest BCUT2D eigenvalue weighted by atomic mass is 19.1. The molecule has 8 heteroatoms. The van der Waals surface area contributed by atoms with E-state index < -0.39 is 17.5 Å². The Bertz CT molecular complexity index is 749. The molecule has 1 aromatic carbocycles. The van der Waals surface area contributed by atoms with Crippen molar-refractivity contribution in [3.8, 4) is 0 Å². The summed E-state index contributed by atoms with van der Waals surface area (Å²) in [6, 6.07) is 3.12. The van der Waals surface area contributed by atoms with Crippen LogP contribution in [0.3, 0.4) is 0 Å². The molecule has 0 unspecified atom stereocenters. The van der Waals surface area contributed by atoms with Gasteiger partial charge in [-0.15, -0.1) is 0 Å². The molecule has 128 valence electrons. The molecule has 1 heterocycles. The lowest BCUT2D eigenvalue weighted by molar-refractivity contribution is -0.115. The summed E-state index contributed by atoms with van der Waals surface area (Å²) in [5.74, 6) is -0.843. The molecule has 2 rings (SSSR count). The van der Waals surface area contributed by atoms with E-state index >= 15 is 0 Å². The lowest BCUT2D eigenvalue weighted by Crippen LogP contribution is -2.22. The number of rotatable bonds is 5. The van der Waals surface area contributed by atoms with Crippen molar-refractivity contribution in [2.45, 2.75) is 6.42 Å². The molecule has 0 aliphatic rings. The van der Waals surface area contributed by atoms with Crippen LogP contribution in [-0.4, -0.2) is 44.1 Å². The lowest BCUT2D eigenvalue weighted by Gasteiger charge is -2.19. The first-order valence-electron chi connectivity index (χ1n) is 7.23. The fraction of sp³-hybridized carbons (Fsp3) is 0.312. The molecule has 1 aromatic heterocycles. The summed E-state index contributed by atoms with van der Waals surface area (Å²) in [5.41, 5.74) is 0.532. The molecular weight excluding hydrogens is 316 g/mol. The van der Waals surface area contributed by atoms with Crippen molar-refractivity contribution in [2.24, 2.45) is 0 Å². The smallest absolute Gasteiger partial charge is 0.229 e. The van der Waals surface area contributed by atoms with Crippen molar-refractivity contribution in [1.29, 1.82) is 0 Å². The summed E-state index contributed by atoms with van der Waals surface area (Å²) in [4.78, 5) is 24.2. The average molecular weight is 335 g/mol. The summed E-state index contributed by atoms with van der Waals surface area (Å²) in [5, 5.41) is 2.66. The minimum Gasteiger partial charge on any atom is -0.361 e. The van der Waals surface area contributed by atoms with Gasteiger partial charge in [-0.3, -0.25) is 4.79 Å². The second kappa shape index (κ2) is 7.20. The van der Waals surface area contributed by atoms with E-state index in [2.05, 4.69) is 15.3 Å². The van der Waals surface area contributed by atoms with Gasteiger partial charge in [-0.05, 0) is 11.6 Å². The highest BCUT2D eigenvalue weighted by Crippen LogP contribution is 2.23. The first-order chi connectivity index (χ1) is 11.3. The number of hydrogen-bond acceptors (Lipinski definition) is 5. The zero-order valence-corrected chi connectivity index (χ0v) is 14.0. The van der Waals surface area contributed by atoms with Crippen LogP contribution in [0.2, 0.25) is 0 Å². The summed E-state index contributed by atoms with van der Waals surface area (Å²) in [6.07, 6.45) is 1.28. The maximum absolute atomic E-state index is 13.6. The molecule has 1 amide bonds. The number of nitrogens with zero attached hydrogens (tertiary/aromatic N) is 4. The summed E-state index contributed by atoms with van der Waals surface area (Å²) in [6.45, 7) is 0. The third-order valence-corrected chi connectivity index (χ3v) is 3.22. The number of nitrogens with one attached hydrogen (secondary N) is 1. The van der Waals surface area contributed by atoms with E-state index in [9.17, 15) is 13.6 Å². The van der Waals surface area contributed by atoms with Gasteiger partial charge in [0.05, 0.1) is 12.6 Å². The molecule has 0 saturated carbocycles. The van der Waals surface area contributed by atoms with Crippen molar-refractivity contribution in [1.82, 2.24) is 9.97 Å². The van der Waals surface area contributed by atoms with Crippen LogP contribution in [0.1, 0.15) is 5.56 Å². The molecule has 1 N–H and O–H groups in total. The van der Waals surface area contributed by atoms with Crippen LogP contribution in [0.4, 0.5) is 26.2 Å². The van der Waals surface area contributed by atoms with Crippen LogP contribution >= 0.6 is 0 Å². The van der Waals surface area contributed by atoms with Crippen molar-refractivity contribution in [2.75, 3.05) is 43.3 Å². The van der Waals surface area contributed by atoms with E-state index in [1.807, 2.05) is 14.1 Å². The molecule has 6 nitrogen and oxygen atoms in total. The third-order valence-electron chi connectivity index (χ3n) is 3.22. The van der Waals surface area contributed by atoms with Crippen molar-refractivity contribution >= 4 is 23.4 Å². The van der Waals surface area contributed by atoms with Crippen molar-refractivity contribution in [3.05, 3.63) is 41.6 Å². The highest BCUT2D eigenvalue weighted by Gasteiger charge is 2.15. The van der Waals surface area contributed by atoms with E-state index in [0.717, 1.165) is 12.1 Å². The van der Waals surface area contributed by atoms with Crippen LogP contribution in [0.25, 0.3) is 0 Å². The number of aromatic nitrogens is 2. The fourth-order valence-electron chi connectivity index (χ4n) is 2.04. The van der Waals surface area contributed by atoms with Crippen LogP contribution in [0.5, 0.6) is 0 Å². The Kier molecular flexibility index (Phi) is 5.28. The van der Waals surface area contributed by atoms with Crippen LogP contribution < -0.4 is 15.1 Å². The molecule has 0 bridgehead atoms. The summed E-state index contributed by atoms with van der Waals surface area (Å²) < 4.78 is 26.6. The predicted molar refractivity (Wildman–Crippen MR) is 89.4 cm³/mol. The maximum Gasteiger partial charge on any atom is 0.229 e. The minimum absolute atomic E-state index is 0.117. The molecule has 0 radical (unpaired) electrons. The van der Waals surface area contributed by atoms with Crippen LogP contribution in [0, 0.1) is 11.6 Å². The second-order valence-electron chi connectivity index (χ2n) is 5.66. The van der Waals surface area contributed by atoms with E-state index in [1.165, 1.54) is 12.3 Å². The Morgan fingerprint density at radius 3 is 2.46 bits per heavy atom. The molecule has 2 aromatic rings. The molecular formula is C16H19F2N5O. The first kappa shape index (κ1) is 17.6. The first-order valence-corrected chi connectivity index (χ1v) is 7.23. The van der Waals surface area contributed by atoms with Gasteiger partial charge in [0.1, 0.15) is 17.3 Å². The van der Waals surface area contributed by atoms with Gasteiger partial charge in [-0.1, -0.05) is 6.07 Å². The SMILES string of the molecule is CN(C)c1ncc(NC(=O)Cc2ccc(F)cc2F)c(N(C)C)n1. The summed E-state index contributed by atoms with van der Waals surface area (Å²) in [7, 11) is 7.20. The number of carbonyl (C=O) groups is 1. The Balaban J connectivity index is 2.19. The molecule has 0 spiro atoms. The normalized spacial score (nSPS) is 10.4. The van der Waals surface area contributed by atoms with Crippen molar-refractivity contribution in [3.63, 3.8) is 0 Å². The molecule has 0 atom stereocenters. The highest BCUT2D eigenvalue weighted by molar-refractivity contribution is 5.94. The predicted octanol–water partition coefficient (Wildman–Crippen LogP) is 2.07. The van der Waals surface area contributed by atoms with Gasteiger partial charge in [0, 0.05) is 34.3 Å². The van der Waals surface area contributed by atoms with Gasteiger partial charge in [0.15, 0.2) is 5.82 Å². The zero-order valence-electron chi connectivity index (χ0n) is 14.0. The zero-order chi connectivity index (χ0) is 17.9. The van der Waals surface area contributed by atoms with Gasteiger partial charge in [0.2, 0.25) is 11.9 Å². The Morgan fingerprint density at radius 1 is 1.17 bits per heavy atom. The van der Waals surface area contributed by atoms with E-state index in [0.29, 0.717) is 17.5 Å². The van der Waals surface area contributed by atoms with Gasteiger partial charge in [-0.25, -0.2) is 13.8 Å². The number of benzene rings is 1. The number of hydrogen-bond donors (Lipinski definition) is 1. The fourth-order valence-corrected chi connectivity index (χ4v) is 2.04. The van der Waals surface area contributed by atoms with Gasteiger partial charge in [0.25, 0.3) is 0 Å². The van der Waals surface area contributed by atoms with Gasteiger partial charge < -0.3 is 15.1 Å². The number of amides is 1. The van der Waals surface area contributed by atoms with Crippen LogP contribution in [-0.2, 0) is 11.2 Å². The minimum atomic E-state index is -0.753. The Labute approximate surface area is 139 Å². The van der Waals surface area contributed by atoms with Gasteiger partial charge in [-0.2, -0.15) is 4.98 Å². The molecule has 0 aliphatic carbocycles.